The number of aliphatic hydroxyl groups is 1. The van der Waals surface area contributed by atoms with Gasteiger partial charge in [0.1, 0.15) is 11.8 Å². The van der Waals surface area contributed by atoms with Crippen LogP contribution < -0.4 is 4.74 Å². The van der Waals surface area contributed by atoms with Gasteiger partial charge in [-0.25, -0.2) is 0 Å². The molecule has 0 aliphatic rings. The lowest BCUT2D eigenvalue weighted by Crippen LogP contribution is -2.05. The molecule has 0 spiro atoms. The van der Waals surface area contributed by atoms with Gasteiger partial charge in [-0.15, -0.1) is 0 Å². The number of ether oxygens (including phenoxy) is 1. The van der Waals surface area contributed by atoms with Crippen molar-refractivity contribution in [2.75, 3.05) is 18.1 Å². The quantitative estimate of drug-likeness (QED) is 0.796. The van der Waals surface area contributed by atoms with E-state index in [1.165, 1.54) is 0 Å². The van der Waals surface area contributed by atoms with Crippen LogP contribution in [0.2, 0.25) is 0 Å². The Morgan fingerprint density at radius 2 is 1.81 bits per heavy atom. The number of rotatable bonds is 7. The van der Waals surface area contributed by atoms with E-state index >= 15 is 0 Å². The van der Waals surface area contributed by atoms with Gasteiger partial charge >= 0.3 is 0 Å². The van der Waals surface area contributed by atoms with Crippen LogP contribution in [0.5, 0.6) is 5.75 Å². The second-order valence-electron chi connectivity index (χ2n) is 4.46. The van der Waals surface area contributed by atoms with Crippen molar-refractivity contribution >= 4 is 11.8 Å². The number of thioether (sulfide) groups is 1. The largest absolute Gasteiger partial charge is 0.491 e. The van der Waals surface area contributed by atoms with Crippen LogP contribution in [0.15, 0.2) is 54.6 Å². The van der Waals surface area contributed by atoms with Crippen molar-refractivity contribution in [3.63, 3.8) is 0 Å². The number of aliphatic hydroxyl groups excluding tert-OH is 1. The predicted molar refractivity (Wildman–Crippen MR) is 85.4 cm³/mol. The Kier molecular flexibility index (Phi) is 6.14. The summed E-state index contributed by atoms with van der Waals surface area (Å²) in [6.45, 7) is 0.519. The molecular formula is C17H17NO2S. The molecule has 2 aromatic carbocycles. The standard InChI is InChI=1S/C17H17NO2S/c18-12-15-8-4-5-9-17(15)20-10-11-21-13-16(19)14-6-2-1-3-7-14/h1-9,16,19H,10-11,13H2. The molecule has 108 valence electrons. The molecule has 0 radical (unpaired) electrons. The first-order valence-corrected chi connectivity index (χ1v) is 7.89. The number of benzene rings is 2. The van der Waals surface area contributed by atoms with E-state index in [1.54, 1.807) is 23.9 Å². The van der Waals surface area contributed by atoms with Crippen molar-refractivity contribution in [2.45, 2.75) is 6.10 Å². The minimum Gasteiger partial charge on any atom is -0.491 e. The van der Waals surface area contributed by atoms with Gasteiger partial charge in [0.25, 0.3) is 0 Å². The molecule has 0 aromatic heterocycles. The summed E-state index contributed by atoms with van der Waals surface area (Å²) in [6.07, 6.45) is -0.456. The van der Waals surface area contributed by atoms with E-state index in [2.05, 4.69) is 6.07 Å². The van der Waals surface area contributed by atoms with E-state index in [1.807, 2.05) is 42.5 Å². The summed E-state index contributed by atoms with van der Waals surface area (Å²) in [5.74, 6) is 2.01. The summed E-state index contributed by atoms with van der Waals surface area (Å²) in [6, 6.07) is 18.9. The van der Waals surface area contributed by atoms with Gasteiger partial charge in [0.05, 0.1) is 18.3 Å². The molecule has 0 amide bonds. The van der Waals surface area contributed by atoms with Gasteiger partial charge in [0.2, 0.25) is 0 Å². The van der Waals surface area contributed by atoms with Crippen LogP contribution in [0, 0.1) is 11.3 Å². The molecule has 2 aromatic rings. The van der Waals surface area contributed by atoms with Gasteiger partial charge in [-0.1, -0.05) is 42.5 Å². The highest BCUT2D eigenvalue weighted by Crippen LogP contribution is 2.19. The zero-order valence-corrected chi connectivity index (χ0v) is 12.4. The summed E-state index contributed by atoms with van der Waals surface area (Å²) in [7, 11) is 0. The summed E-state index contributed by atoms with van der Waals surface area (Å²) in [5.41, 5.74) is 1.48. The fourth-order valence-corrected chi connectivity index (χ4v) is 2.65. The lowest BCUT2D eigenvalue weighted by molar-refractivity contribution is 0.204. The SMILES string of the molecule is N#Cc1ccccc1OCCSCC(O)c1ccccc1. The fraction of sp³-hybridized carbons (Fsp3) is 0.235. The second-order valence-corrected chi connectivity index (χ2v) is 5.61. The molecule has 0 aliphatic heterocycles. The molecule has 21 heavy (non-hydrogen) atoms. The first-order chi connectivity index (χ1) is 10.3. The van der Waals surface area contributed by atoms with E-state index in [-0.39, 0.29) is 0 Å². The molecular weight excluding hydrogens is 282 g/mol. The summed E-state index contributed by atoms with van der Waals surface area (Å²) in [4.78, 5) is 0. The Morgan fingerprint density at radius 3 is 2.57 bits per heavy atom. The van der Waals surface area contributed by atoms with Gasteiger partial charge in [-0.3, -0.25) is 0 Å². The Hall–Kier alpha value is -1.96. The Balaban J connectivity index is 1.70. The van der Waals surface area contributed by atoms with E-state index in [4.69, 9.17) is 10.00 Å². The minimum absolute atomic E-state index is 0.456. The highest BCUT2D eigenvalue weighted by Gasteiger charge is 2.07. The third-order valence-corrected chi connectivity index (χ3v) is 3.96. The molecule has 0 heterocycles. The van der Waals surface area contributed by atoms with Gasteiger partial charge < -0.3 is 9.84 Å². The fourth-order valence-electron chi connectivity index (χ4n) is 1.86. The topological polar surface area (TPSA) is 53.2 Å². The molecule has 0 fully saturated rings. The molecule has 2 rings (SSSR count). The average molecular weight is 299 g/mol. The smallest absolute Gasteiger partial charge is 0.137 e. The zero-order chi connectivity index (χ0) is 14.9. The second kappa shape index (κ2) is 8.35. The van der Waals surface area contributed by atoms with Crippen molar-refractivity contribution < 1.29 is 9.84 Å². The molecule has 0 aliphatic carbocycles. The highest BCUT2D eigenvalue weighted by atomic mass is 32.2. The van der Waals surface area contributed by atoms with Gasteiger partial charge in [-0.05, 0) is 17.7 Å². The number of para-hydroxylation sites is 1. The van der Waals surface area contributed by atoms with Crippen LogP contribution in [0.4, 0.5) is 0 Å². The maximum Gasteiger partial charge on any atom is 0.137 e. The average Bonchev–Trinajstić information content (AvgIpc) is 2.55. The number of hydrogen-bond acceptors (Lipinski definition) is 4. The molecule has 0 saturated heterocycles. The highest BCUT2D eigenvalue weighted by molar-refractivity contribution is 7.99. The molecule has 0 bridgehead atoms. The molecule has 4 heteroatoms. The van der Waals surface area contributed by atoms with Crippen LogP contribution >= 0.6 is 11.8 Å². The van der Waals surface area contributed by atoms with Crippen molar-refractivity contribution in [3.05, 3.63) is 65.7 Å². The lowest BCUT2D eigenvalue weighted by Gasteiger charge is -2.11. The lowest BCUT2D eigenvalue weighted by atomic mass is 10.1. The van der Waals surface area contributed by atoms with E-state index in [0.29, 0.717) is 23.7 Å². The minimum atomic E-state index is -0.456. The summed E-state index contributed by atoms with van der Waals surface area (Å²) < 4.78 is 5.59. The van der Waals surface area contributed by atoms with E-state index in [0.717, 1.165) is 11.3 Å². The zero-order valence-electron chi connectivity index (χ0n) is 11.6. The maximum absolute atomic E-state index is 10.0. The van der Waals surface area contributed by atoms with Gasteiger partial charge in [-0.2, -0.15) is 17.0 Å². The van der Waals surface area contributed by atoms with Gasteiger partial charge in [0.15, 0.2) is 0 Å². The maximum atomic E-state index is 10.0. The molecule has 1 N–H and O–H groups in total. The van der Waals surface area contributed by atoms with Crippen molar-refractivity contribution in [3.8, 4) is 11.8 Å². The van der Waals surface area contributed by atoms with Crippen molar-refractivity contribution in [1.29, 1.82) is 5.26 Å². The van der Waals surface area contributed by atoms with E-state index < -0.39 is 6.10 Å². The van der Waals surface area contributed by atoms with Crippen LogP contribution in [-0.4, -0.2) is 23.2 Å². The summed E-state index contributed by atoms with van der Waals surface area (Å²) in [5, 5.41) is 19.0. The Bertz CT molecular complexity index is 595. The van der Waals surface area contributed by atoms with Crippen LogP contribution in [0.3, 0.4) is 0 Å². The van der Waals surface area contributed by atoms with Crippen molar-refractivity contribution in [2.24, 2.45) is 0 Å². The summed E-state index contributed by atoms with van der Waals surface area (Å²) >= 11 is 1.63. The monoisotopic (exact) mass is 299 g/mol. The first kappa shape index (κ1) is 15.4. The van der Waals surface area contributed by atoms with Gasteiger partial charge in [0, 0.05) is 11.5 Å². The first-order valence-electron chi connectivity index (χ1n) is 6.74. The Labute approximate surface area is 129 Å². The number of nitriles is 1. The third kappa shape index (κ3) is 4.82. The molecule has 1 unspecified atom stereocenters. The van der Waals surface area contributed by atoms with Crippen LogP contribution in [-0.2, 0) is 0 Å². The van der Waals surface area contributed by atoms with E-state index in [9.17, 15) is 5.11 Å². The number of nitrogens with zero attached hydrogens (tertiary/aromatic N) is 1. The van der Waals surface area contributed by atoms with Crippen LogP contribution in [0.1, 0.15) is 17.2 Å². The molecule has 0 saturated carbocycles. The van der Waals surface area contributed by atoms with Crippen LogP contribution in [0.25, 0.3) is 0 Å². The van der Waals surface area contributed by atoms with Crippen molar-refractivity contribution in [1.82, 2.24) is 0 Å². The third-order valence-electron chi connectivity index (χ3n) is 2.95. The predicted octanol–water partition coefficient (Wildman–Crippen LogP) is 3.40. The number of hydrogen-bond donors (Lipinski definition) is 1. The molecule has 1 atom stereocenters. The normalized spacial score (nSPS) is 11.6. The molecule has 3 nitrogen and oxygen atoms in total. The Morgan fingerprint density at radius 1 is 1.10 bits per heavy atom.